The number of unbranched alkanes of at least 4 members (excludes halogenated alkanes) is 3. The molecule has 0 fully saturated rings. The Kier molecular flexibility index (Phi) is 13.5. The molecule has 0 rings (SSSR count). The highest BCUT2D eigenvalue weighted by Crippen LogP contribution is 2.02. The summed E-state index contributed by atoms with van der Waals surface area (Å²) >= 11 is 0. The van der Waals surface area contributed by atoms with Crippen molar-refractivity contribution in [2.24, 2.45) is 0 Å². The summed E-state index contributed by atoms with van der Waals surface area (Å²) in [6.45, 7) is 8.16. The molecule has 0 heterocycles. The standard InChI is InChI=1S/C16H29NO/c1-3-5-10-14-17(13-4-2)15-11-8-6-7-9-12-16-18/h6-7,9,12,16H,3-5,8,10-11,13-15H2,1-2H3/b7-6+,12-9+. The molecule has 0 aromatic rings. The molecule has 104 valence electrons. The second-order valence-corrected chi connectivity index (χ2v) is 4.64. The third-order valence-corrected chi connectivity index (χ3v) is 2.90. The average Bonchev–Trinajstić information content (AvgIpc) is 2.38. The Balaban J connectivity index is 3.65. The normalized spacial score (nSPS) is 11.9. The number of hydrogen-bond donors (Lipinski definition) is 0. The molecule has 0 saturated carbocycles. The Morgan fingerprint density at radius 3 is 2.28 bits per heavy atom. The molecule has 18 heavy (non-hydrogen) atoms. The fourth-order valence-electron chi connectivity index (χ4n) is 1.95. The van der Waals surface area contributed by atoms with Gasteiger partial charge in [-0.15, -0.1) is 0 Å². The second kappa shape index (κ2) is 14.2. The minimum absolute atomic E-state index is 0.807. The van der Waals surface area contributed by atoms with Crippen molar-refractivity contribution in [2.75, 3.05) is 19.6 Å². The van der Waals surface area contributed by atoms with Crippen LogP contribution in [0.3, 0.4) is 0 Å². The quantitative estimate of drug-likeness (QED) is 0.226. The van der Waals surface area contributed by atoms with Gasteiger partial charge in [0.05, 0.1) is 0 Å². The summed E-state index contributed by atoms with van der Waals surface area (Å²) in [4.78, 5) is 12.6. The molecule has 0 atom stereocenters. The lowest BCUT2D eigenvalue weighted by atomic mass is 10.2. The van der Waals surface area contributed by atoms with Crippen LogP contribution in [0.5, 0.6) is 0 Å². The molecule has 0 unspecified atom stereocenters. The molecule has 0 bridgehead atoms. The van der Waals surface area contributed by atoms with Crippen LogP contribution in [0.4, 0.5) is 0 Å². The minimum atomic E-state index is 0.807. The van der Waals surface area contributed by atoms with E-state index in [1.165, 1.54) is 57.8 Å². The Morgan fingerprint density at radius 1 is 0.833 bits per heavy atom. The van der Waals surface area contributed by atoms with Gasteiger partial charge in [0.25, 0.3) is 0 Å². The highest BCUT2D eigenvalue weighted by Gasteiger charge is 2.01. The Bertz CT molecular complexity index is 233. The summed E-state index contributed by atoms with van der Waals surface area (Å²) in [6, 6.07) is 0. The minimum Gasteiger partial charge on any atom is -0.303 e. The van der Waals surface area contributed by atoms with Gasteiger partial charge in [-0.2, -0.15) is 0 Å². The van der Waals surface area contributed by atoms with Gasteiger partial charge in [0, 0.05) is 0 Å². The van der Waals surface area contributed by atoms with E-state index < -0.39 is 0 Å². The van der Waals surface area contributed by atoms with Gasteiger partial charge in [0.2, 0.25) is 0 Å². The molecule has 0 radical (unpaired) electrons. The van der Waals surface area contributed by atoms with Crippen LogP contribution < -0.4 is 0 Å². The number of rotatable bonds is 12. The Hall–Kier alpha value is -0.890. The maximum Gasteiger partial charge on any atom is 0.142 e. The van der Waals surface area contributed by atoms with E-state index in [0.717, 1.165) is 12.7 Å². The summed E-state index contributed by atoms with van der Waals surface area (Å²) in [5, 5.41) is 0. The summed E-state index contributed by atoms with van der Waals surface area (Å²) in [7, 11) is 0. The molecule has 2 heteroatoms. The van der Waals surface area contributed by atoms with Crippen LogP contribution in [-0.2, 0) is 4.79 Å². The highest BCUT2D eigenvalue weighted by molar-refractivity contribution is 5.65. The monoisotopic (exact) mass is 251 g/mol. The fourth-order valence-corrected chi connectivity index (χ4v) is 1.95. The molecule has 0 aliphatic heterocycles. The molecule has 0 spiro atoms. The van der Waals surface area contributed by atoms with E-state index in [9.17, 15) is 4.79 Å². The van der Waals surface area contributed by atoms with Crippen LogP contribution in [0.1, 0.15) is 52.4 Å². The smallest absolute Gasteiger partial charge is 0.142 e. The molecule has 0 aromatic carbocycles. The zero-order valence-corrected chi connectivity index (χ0v) is 12.1. The van der Waals surface area contributed by atoms with Gasteiger partial charge in [-0.25, -0.2) is 0 Å². The maximum absolute atomic E-state index is 10.1. The fraction of sp³-hybridized carbons (Fsp3) is 0.688. The van der Waals surface area contributed by atoms with Gasteiger partial charge in [-0.1, -0.05) is 44.9 Å². The van der Waals surface area contributed by atoms with E-state index in [0.29, 0.717) is 0 Å². The molecule has 0 amide bonds. The SMILES string of the molecule is CCCCCN(CCC)CCC/C=C/C=C/C=O. The van der Waals surface area contributed by atoms with E-state index in [-0.39, 0.29) is 0 Å². The number of carbonyl (C=O) groups excluding carboxylic acids is 1. The summed E-state index contributed by atoms with van der Waals surface area (Å²) in [6.07, 6.45) is 15.7. The van der Waals surface area contributed by atoms with Gasteiger partial charge < -0.3 is 4.90 Å². The van der Waals surface area contributed by atoms with Crippen molar-refractivity contribution in [1.29, 1.82) is 0 Å². The number of aldehydes is 1. The van der Waals surface area contributed by atoms with Crippen molar-refractivity contribution in [1.82, 2.24) is 4.90 Å². The van der Waals surface area contributed by atoms with Crippen molar-refractivity contribution in [3.8, 4) is 0 Å². The zero-order chi connectivity index (χ0) is 13.5. The van der Waals surface area contributed by atoms with Crippen molar-refractivity contribution < 1.29 is 4.79 Å². The van der Waals surface area contributed by atoms with Crippen molar-refractivity contribution in [3.63, 3.8) is 0 Å². The van der Waals surface area contributed by atoms with Crippen LogP contribution in [0.25, 0.3) is 0 Å². The predicted molar refractivity (Wildman–Crippen MR) is 79.8 cm³/mol. The molecule has 0 saturated heterocycles. The lowest BCUT2D eigenvalue weighted by Gasteiger charge is -2.21. The maximum atomic E-state index is 10.1. The van der Waals surface area contributed by atoms with Crippen molar-refractivity contribution >= 4 is 6.29 Å². The third-order valence-electron chi connectivity index (χ3n) is 2.90. The largest absolute Gasteiger partial charge is 0.303 e. The first kappa shape index (κ1) is 17.1. The Morgan fingerprint density at radius 2 is 1.61 bits per heavy atom. The van der Waals surface area contributed by atoms with Crippen LogP contribution >= 0.6 is 0 Å². The summed E-state index contributed by atoms with van der Waals surface area (Å²) < 4.78 is 0. The van der Waals surface area contributed by atoms with Crippen LogP contribution in [0.2, 0.25) is 0 Å². The van der Waals surface area contributed by atoms with Gasteiger partial charge in [-0.3, -0.25) is 4.79 Å². The molecular formula is C16H29NO. The topological polar surface area (TPSA) is 20.3 Å². The molecule has 0 aliphatic rings. The van der Waals surface area contributed by atoms with Gasteiger partial charge in [0.15, 0.2) is 0 Å². The van der Waals surface area contributed by atoms with Crippen LogP contribution in [-0.4, -0.2) is 30.8 Å². The van der Waals surface area contributed by atoms with Crippen molar-refractivity contribution in [3.05, 3.63) is 24.3 Å². The lowest BCUT2D eigenvalue weighted by Crippen LogP contribution is -2.26. The molecule has 0 N–H and O–H groups in total. The molecule has 0 aliphatic carbocycles. The summed E-state index contributed by atoms with van der Waals surface area (Å²) in [5.74, 6) is 0. The van der Waals surface area contributed by atoms with Gasteiger partial charge >= 0.3 is 0 Å². The lowest BCUT2D eigenvalue weighted by molar-refractivity contribution is -0.104. The molecular weight excluding hydrogens is 222 g/mol. The first-order valence-electron chi connectivity index (χ1n) is 7.34. The second-order valence-electron chi connectivity index (χ2n) is 4.64. The number of allylic oxidation sites excluding steroid dienone is 4. The number of hydrogen-bond acceptors (Lipinski definition) is 2. The average molecular weight is 251 g/mol. The van der Waals surface area contributed by atoms with E-state index in [1.807, 2.05) is 6.08 Å². The summed E-state index contributed by atoms with van der Waals surface area (Å²) in [5.41, 5.74) is 0. The van der Waals surface area contributed by atoms with Gasteiger partial charge in [-0.05, 0) is 51.4 Å². The van der Waals surface area contributed by atoms with Crippen molar-refractivity contribution in [2.45, 2.75) is 52.4 Å². The molecule has 0 aromatic heterocycles. The Labute approximate surface area is 113 Å². The number of carbonyl (C=O) groups is 1. The van der Waals surface area contributed by atoms with E-state index >= 15 is 0 Å². The van der Waals surface area contributed by atoms with Crippen LogP contribution in [0, 0.1) is 0 Å². The van der Waals surface area contributed by atoms with E-state index in [1.54, 1.807) is 6.08 Å². The van der Waals surface area contributed by atoms with Crippen LogP contribution in [0.15, 0.2) is 24.3 Å². The van der Waals surface area contributed by atoms with Gasteiger partial charge in [0.1, 0.15) is 6.29 Å². The first-order chi connectivity index (χ1) is 8.85. The third kappa shape index (κ3) is 11.6. The number of nitrogens with zero attached hydrogens (tertiary/aromatic N) is 1. The predicted octanol–water partition coefficient (Wildman–Crippen LogP) is 3.98. The van der Waals surface area contributed by atoms with E-state index in [2.05, 4.69) is 24.8 Å². The molecule has 2 nitrogen and oxygen atoms in total. The highest BCUT2D eigenvalue weighted by atomic mass is 16.1. The zero-order valence-electron chi connectivity index (χ0n) is 12.1. The first-order valence-corrected chi connectivity index (χ1v) is 7.34. The van der Waals surface area contributed by atoms with E-state index in [4.69, 9.17) is 0 Å².